The zero-order valence-corrected chi connectivity index (χ0v) is 21.0. The lowest BCUT2D eigenvalue weighted by atomic mass is 9.68. The SMILES string of the molecule is C=CC1=CCC2(Cl)C(=O)N(c3c(F)c(F)c(F)c(F)c3F)C(=O)C2(Cl)C1c1cc(Br)c(O)c(OC)c1. The Morgan fingerprint density at radius 1 is 1.08 bits per heavy atom. The van der Waals surface area contributed by atoms with Crippen LogP contribution in [0.25, 0.3) is 0 Å². The number of nitrogens with zero attached hydrogens (tertiary/aromatic N) is 1. The van der Waals surface area contributed by atoms with Gasteiger partial charge in [-0.05, 0) is 45.6 Å². The van der Waals surface area contributed by atoms with Gasteiger partial charge in [0.1, 0.15) is 5.69 Å². The van der Waals surface area contributed by atoms with Crippen molar-refractivity contribution in [3.05, 3.63) is 75.6 Å². The van der Waals surface area contributed by atoms with Crippen LogP contribution in [0.15, 0.2) is 40.9 Å². The van der Waals surface area contributed by atoms with E-state index < -0.39 is 68.7 Å². The molecule has 0 bridgehead atoms. The average molecular weight is 613 g/mol. The Morgan fingerprint density at radius 3 is 2.17 bits per heavy atom. The zero-order valence-electron chi connectivity index (χ0n) is 17.9. The van der Waals surface area contributed by atoms with Gasteiger partial charge in [0.05, 0.1) is 11.6 Å². The molecule has 0 aromatic heterocycles. The number of methoxy groups -OCH3 is 1. The molecule has 1 fully saturated rings. The summed E-state index contributed by atoms with van der Waals surface area (Å²) in [6.45, 7) is 3.66. The number of carbonyl (C=O) groups is 2. The molecule has 2 aromatic carbocycles. The van der Waals surface area contributed by atoms with Crippen LogP contribution < -0.4 is 9.64 Å². The summed E-state index contributed by atoms with van der Waals surface area (Å²) in [7, 11) is 1.24. The predicted molar refractivity (Wildman–Crippen MR) is 124 cm³/mol. The maximum Gasteiger partial charge on any atom is 0.258 e. The quantitative estimate of drug-likeness (QED) is 0.152. The molecule has 4 rings (SSSR count). The number of carbonyl (C=O) groups excluding carboxylic acids is 2. The summed E-state index contributed by atoms with van der Waals surface area (Å²) in [6, 6.07) is 2.62. The van der Waals surface area contributed by atoms with Crippen LogP contribution in [0.5, 0.6) is 11.5 Å². The van der Waals surface area contributed by atoms with Crippen LogP contribution in [0.3, 0.4) is 0 Å². The maximum absolute atomic E-state index is 14.7. The van der Waals surface area contributed by atoms with Crippen molar-refractivity contribution in [3.8, 4) is 11.5 Å². The second-order valence-corrected chi connectivity index (χ2v) is 10.1. The molecular weight excluding hydrogens is 600 g/mol. The highest BCUT2D eigenvalue weighted by Gasteiger charge is 2.73. The first kappa shape index (κ1) is 26.4. The third-order valence-corrected chi connectivity index (χ3v) is 8.25. The van der Waals surface area contributed by atoms with Gasteiger partial charge in [0.2, 0.25) is 5.82 Å². The molecule has 1 aliphatic heterocycles. The number of fused-ring (bicyclic) bond motifs is 1. The number of amides is 2. The Labute approximate surface area is 218 Å². The summed E-state index contributed by atoms with van der Waals surface area (Å²) in [5.41, 5.74) is -1.37. The Kier molecular flexibility index (Phi) is 6.42. The fraction of sp³-hybridized carbons (Fsp3) is 0.217. The molecule has 5 nitrogen and oxygen atoms in total. The van der Waals surface area contributed by atoms with Crippen LogP contribution in [-0.4, -0.2) is 33.8 Å². The topological polar surface area (TPSA) is 66.8 Å². The number of halogens is 8. The van der Waals surface area contributed by atoms with Crippen LogP contribution in [0.2, 0.25) is 0 Å². The molecule has 1 heterocycles. The van der Waals surface area contributed by atoms with Crippen molar-refractivity contribution in [1.82, 2.24) is 0 Å². The number of allylic oxidation sites excluding steroid dienone is 3. The molecule has 1 aliphatic carbocycles. The Balaban J connectivity index is 2.01. The number of hydrogen-bond donors (Lipinski definition) is 1. The first-order chi connectivity index (χ1) is 16.8. The standard InChI is InChI=1S/C23H13BrCl2F5NO4/c1-3-8-4-5-22(25)20(34)32(18-16(30)14(28)13(27)15(29)17(18)31)21(35)23(22,26)12(8)9-6-10(24)19(33)11(7-9)36-2/h3-4,6-7,12,33H,1,5H2,2H3. The number of benzene rings is 2. The van der Waals surface area contributed by atoms with Crippen molar-refractivity contribution in [2.75, 3.05) is 12.0 Å². The maximum atomic E-state index is 14.7. The van der Waals surface area contributed by atoms with E-state index in [2.05, 4.69) is 22.5 Å². The van der Waals surface area contributed by atoms with Gasteiger partial charge < -0.3 is 9.84 Å². The van der Waals surface area contributed by atoms with Gasteiger partial charge in [-0.15, -0.1) is 23.2 Å². The molecule has 13 heteroatoms. The minimum Gasteiger partial charge on any atom is -0.503 e. The molecular formula is C23H13BrCl2F5NO4. The van der Waals surface area contributed by atoms with E-state index in [4.69, 9.17) is 27.9 Å². The van der Waals surface area contributed by atoms with E-state index in [-0.39, 0.29) is 32.0 Å². The van der Waals surface area contributed by atoms with Gasteiger partial charge in [-0.2, -0.15) is 0 Å². The van der Waals surface area contributed by atoms with Crippen molar-refractivity contribution >= 4 is 56.6 Å². The molecule has 0 spiro atoms. The van der Waals surface area contributed by atoms with E-state index in [1.54, 1.807) is 0 Å². The second kappa shape index (κ2) is 8.74. The van der Waals surface area contributed by atoms with Gasteiger partial charge in [0.25, 0.3) is 11.8 Å². The Morgan fingerprint density at radius 2 is 1.64 bits per heavy atom. The van der Waals surface area contributed by atoms with Crippen LogP contribution in [0.1, 0.15) is 17.9 Å². The molecule has 1 saturated heterocycles. The molecule has 36 heavy (non-hydrogen) atoms. The van der Waals surface area contributed by atoms with Crippen LogP contribution in [0, 0.1) is 29.1 Å². The highest BCUT2D eigenvalue weighted by atomic mass is 79.9. The number of rotatable bonds is 4. The molecule has 0 saturated carbocycles. The fourth-order valence-corrected chi connectivity index (χ4v) is 5.79. The Hall–Kier alpha value is -2.63. The van der Waals surface area contributed by atoms with Crippen LogP contribution >= 0.6 is 39.1 Å². The van der Waals surface area contributed by atoms with Crippen LogP contribution in [-0.2, 0) is 9.59 Å². The number of alkyl halides is 2. The number of ether oxygens (including phenoxy) is 1. The zero-order chi connectivity index (χ0) is 26.9. The van der Waals surface area contributed by atoms with Crippen molar-refractivity contribution in [1.29, 1.82) is 0 Å². The van der Waals surface area contributed by atoms with Gasteiger partial charge >= 0.3 is 0 Å². The van der Waals surface area contributed by atoms with E-state index in [1.165, 1.54) is 31.4 Å². The number of anilines is 1. The smallest absolute Gasteiger partial charge is 0.258 e. The molecule has 190 valence electrons. The summed E-state index contributed by atoms with van der Waals surface area (Å²) in [5, 5.41) is 10.2. The van der Waals surface area contributed by atoms with Gasteiger partial charge in [-0.3, -0.25) is 9.59 Å². The first-order valence-electron chi connectivity index (χ1n) is 9.95. The molecule has 2 aliphatic rings. The van der Waals surface area contributed by atoms with E-state index in [0.29, 0.717) is 0 Å². The summed E-state index contributed by atoms with van der Waals surface area (Å²) >= 11 is 16.6. The number of phenolic OH excluding ortho intramolecular Hbond substituents is 1. The second-order valence-electron chi connectivity index (χ2n) is 7.98. The van der Waals surface area contributed by atoms with E-state index >= 15 is 0 Å². The predicted octanol–water partition coefficient (Wildman–Crippen LogP) is 5.99. The van der Waals surface area contributed by atoms with Crippen molar-refractivity contribution in [3.63, 3.8) is 0 Å². The Bertz CT molecular complexity index is 1370. The van der Waals surface area contributed by atoms with Gasteiger partial charge in [0, 0.05) is 5.92 Å². The number of phenols is 1. The molecule has 1 N–H and O–H groups in total. The number of aromatic hydroxyl groups is 1. The summed E-state index contributed by atoms with van der Waals surface area (Å²) in [6.07, 6.45) is 2.27. The van der Waals surface area contributed by atoms with Crippen molar-refractivity contribution < 1.29 is 41.4 Å². The number of imide groups is 1. The summed E-state index contributed by atoms with van der Waals surface area (Å²) in [5.74, 6) is -16.7. The fourth-order valence-electron chi connectivity index (χ4n) is 4.48. The molecule has 2 aromatic rings. The third kappa shape index (κ3) is 3.25. The monoisotopic (exact) mass is 611 g/mol. The van der Waals surface area contributed by atoms with Crippen molar-refractivity contribution in [2.24, 2.45) is 0 Å². The van der Waals surface area contributed by atoms with Crippen molar-refractivity contribution in [2.45, 2.75) is 22.1 Å². The lowest BCUT2D eigenvalue weighted by Gasteiger charge is -2.42. The van der Waals surface area contributed by atoms with Gasteiger partial charge in [-0.1, -0.05) is 18.7 Å². The first-order valence-corrected chi connectivity index (χ1v) is 11.5. The largest absolute Gasteiger partial charge is 0.503 e. The van der Waals surface area contributed by atoms with E-state index in [1.807, 2.05) is 0 Å². The molecule has 3 unspecified atom stereocenters. The minimum atomic E-state index is -2.52. The third-order valence-electron chi connectivity index (χ3n) is 6.23. The molecule has 2 amide bonds. The average Bonchev–Trinajstić information content (AvgIpc) is 3.00. The molecule has 3 atom stereocenters. The van der Waals surface area contributed by atoms with E-state index in [9.17, 15) is 36.6 Å². The summed E-state index contributed by atoms with van der Waals surface area (Å²) < 4.78 is 76.1. The number of hydrogen-bond acceptors (Lipinski definition) is 4. The lowest BCUT2D eigenvalue weighted by molar-refractivity contribution is -0.122. The summed E-state index contributed by atoms with van der Waals surface area (Å²) in [4.78, 5) is 22.0. The normalized spacial score (nSPS) is 25.6. The van der Waals surface area contributed by atoms with Gasteiger partial charge in [0.15, 0.2) is 44.5 Å². The van der Waals surface area contributed by atoms with Gasteiger partial charge in [-0.25, -0.2) is 26.9 Å². The lowest BCUT2D eigenvalue weighted by Crippen LogP contribution is -2.54. The highest BCUT2D eigenvalue weighted by Crippen LogP contribution is 2.60. The van der Waals surface area contributed by atoms with E-state index in [0.717, 1.165) is 0 Å². The minimum absolute atomic E-state index is 0.0674. The highest BCUT2D eigenvalue weighted by molar-refractivity contribution is 9.10. The molecule has 0 radical (unpaired) electrons. The van der Waals surface area contributed by atoms with Crippen LogP contribution in [0.4, 0.5) is 27.6 Å².